The Hall–Kier alpha value is -2.33. The van der Waals surface area contributed by atoms with Crippen LogP contribution in [0.1, 0.15) is 18.4 Å². The van der Waals surface area contributed by atoms with Crippen molar-refractivity contribution in [2.75, 3.05) is 36.4 Å². The molecule has 126 valence electrons. The van der Waals surface area contributed by atoms with Crippen LogP contribution >= 0.6 is 0 Å². The molecule has 0 bridgehead atoms. The minimum Gasteiger partial charge on any atom is -0.372 e. The Morgan fingerprint density at radius 1 is 0.958 bits per heavy atom. The number of hydrogen-bond donors (Lipinski definition) is 2. The molecule has 1 saturated heterocycles. The van der Waals surface area contributed by atoms with Gasteiger partial charge in [-0.25, -0.2) is 0 Å². The Morgan fingerprint density at radius 2 is 1.67 bits per heavy atom. The zero-order valence-electron chi connectivity index (χ0n) is 14.0. The van der Waals surface area contributed by atoms with Crippen molar-refractivity contribution in [1.82, 2.24) is 5.32 Å². The first-order valence-corrected chi connectivity index (χ1v) is 8.71. The lowest BCUT2D eigenvalue weighted by atomic mass is 10.1. The van der Waals surface area contributed by atoms with E-state index in [9.17, 15) is 4.79 Å². The van der Waals surface area contributed by atoms with Gasteiger partial charge >= 0.3 is 0 Å². The number of carbonyl (C=O) groups excluding carboxylic acids is 1. The van der Waals surface area contributed by atoms with Gasteiger partial charge in [0.05, 0.1) is 6.54 Å². The van der Waals surface area contributed by atoms with Crippen molar-refractivity contribution in [3.8, 4) is 0 Å². The number of benzene rings is 2. The molecule has 0 spiro atoms. The highest BCUT2D eigenvalue weighted by Crippen LogP contribution is 2.21. The zero-order chi connectivity index (χ0) is 16.6. The topological polar surface area (TPSA) is 44.4 Å². The summed E-state index contributed by atoms with van der Waals surface area (Å²) in [5, 5.41) is 6.13. The van der Waals surface area contributed by atoms with E-state index in [2.05, 4.69) is 39.8 Å². The smallest absolute Gasteiger partial charge is 0.238 e. The molecule has 0 saturated carbocycles. The molecule has 1 heterocycles. The fourth-order valence-electron chi connectivity index (χ4n) is 3.02. The Kier molecular flexibility index (Phi) is 5.85. The van der Waals surface area contributed by atoms with Crippen molar-refractivity contribution in [3.63, 3.8) is 0 Å². The predicted octanol–water partition coefficient (Wildman–Crippen LogP) is 3.06. The number of carbonyl (C=O) groups is 1. The Balaban J connectivity index is 1.38. The summed E-state index contributed by atoms with van der Waals surface area (Å²) in [7, 11) is 0. The van der Waals surface area contributed by atoms with E-state index < -0.39 is 0 Å². The standard InChI is InChI=1S/C20H25N3O/c24-20(16-21-13-12-17-6-2-1-3-7-17)22-18-8-10-19(11-9-18)23-14-4-5-15-23/h1-3,6-11,21H,4-5,12-16H2,(H,22,24). The van der Waals surface area contributed by atoms with Gasteiger partial charge in [-0.05, 0) is 55.6 Å². The lowest BCUT2D eigenvalue weighted by Gasteiger charge is -2.17. The highest BCUT2D eigenvalue weighted by molar-refractivity contribution is 5.92. The third-order valence-electron chi connectivity index (χ3n) is 4.34. The number of nitrogens with one attached hydrogen (secondary N) is 2. The summed E-state index contributed by atoms with van der Waals surface area (Å²) in [4.78, 5) is 14.4. The van der Waals surface area contributed by atoms with Gasteiger partial charge in [0.2, 0.25) is 5.91 Å². The van der Waals surface area contributed by atoms with Crippen LogP contribution in [0.3, 0.4) is 0 Å². The van der Waals surface area contributed by atoms with E-state index in [-0.39, 0.29) is 5.91 Å². The van der Waals surface area contributed by atoms with Gasteiger partial charge in [-0.1, -0.05) is 30.3 Å². The van der Waals surface area contributed by atoms with Crippen LogP contribution < -0.4 is 15.5 Å². The average Bonchev–Trinajstić information content (AvgIpc) is 3.15. The molecule has 0 aromatic heterocycles. The lowest BCUT2D eigenvalue weighted by molar-refractivity contribution is -0.115. The first kappa shape index (κ1) is 16.5. The van der Waals surface area contributed by atoms with Gasteiger partial charge in [0, 0.05) is 24.5 Å². The maximum Gasteiger partial charge on any atom is 0.238 e. The SMILES string of the molecule is O=C(CNCCc1ccccc1)Nc1ccc(N2CCCC2)cc1. The van der Waals surface area contributed by atoms with Crippen molar-refractivity contribution in [3.05, 3.63) is 60.2 Å². The minimum atomic E-state index is -0.00279. The van der Waals surface area contributed by atoms with E-state index in [0.717, 1.165) is 31.7 Å². The van der Waals surface area contributed by atoms with Gasteiger partial charge in [-0.2, -0.15) is 0 Å². The van der Waals surface area contributed by atoms with Crippen LogP contribution in [0, 0.1) is 0 Å². The first-order valence-electron chi connectivity index (χ1n) is 8.71. The number of anilines is 2. The molecule has 1 amide bonds. The quantitative estimate of drug-likeness (QED) is 0.770. The van der Waals surface area contributed by atoms with Crippen molar-refractivity contribution >= 4 is 17.3 Å². The van der Waals surface area contributed by atoms with Crippen molar-refractivity contribution in [2.24, 2.45) is 0 Å². The zero-order valence-corrected chi connectivity index (χ0v) is 14.0. The summed E-state index contributed by atoms with van der Waals surface area (Å²) >= 11 is 0. The fourth-order valence-corrected chi connectivity index (χ4v) is 3.02. The van der Waals surface area contributed by atoms with Crippen LogP contribution in [0.15, 0.2) is 54.6 Å². The van der Waals surface area contributed by atoms with Gasteiger partial charge in [0.25, 0.3) is 0 Å². The molecule has 1 fully saturated rings. The van der Waals surface area contributed by atoms with Gasteiger partial charge in [0.15, 0.2) is 0 Å². The monoisotopic (exact) mass is 323 g/mol. The molecule has 0 aliphatic carbocycles. The largest absolute Gasteiger partial charge is 0.372 e. The van der Waals surface area contributed by atoms with Gasteiger partial charge in [-0.3, -0.25) is 4.79 Å². The number of nitrogens with zero attached hydrogens (tertiary/aromatic N) is 1. The average molecular weight is 323 g/mol. The van der Waals surface area contributed by atoms with Crippen LogP contribution in [0.25, 0.3) is 0 Å². The molecule has 4 heteroatoms. The first-order chi connectivity index (χ1) is 11.8. The van der Waals surface area contributed by atoms with E-state index in [1.54, 1.807) is 0 Å². The van der Waals surface area contributed by atoms with Crippen molar-refractivity contribution in [2.45, 2.75) is 19.3 Å². The summed E-state index contributed by atoms with van der Waals surface area (Å²) in [6.07, 6.45) is 3.47. The molecule has 2 aromatic rings. The van der Waals surface area contributed by atoms with Crippen molar-refractivity contribution < 1.29 is 4.79 Å². The van der Waals surface area contributed by atoms with Crippen LogP contribution in [-0.2, 0) is 11.2 Å². The highest BCUT2D eigenvalue weighted by Gasteiger charge is 2.12. The van der Waals surface area contributed by atoms with Gasteiger partial charge in [0.1, 0.15) is 0 Å². The van der Waals surface area contributed by atoms with Gasteiger partial charge in [-0.15, -0.1) is 0 Å². The molecule has 1 aliphatic heterocycles. The third-order valence-corrected chi connectivity index (χ3v) is 4.34. The van der Waals surface area contributed by atoms with E-state index in [4.69, 9.17) is 0 Å². The molecular formula is C20H25N3O. The van der Waals surface area contributed by atoms with Gasteiger partial charge < -0.3 is 15.5 Å². The molecule has 3 rings (SSSR count). The second-order valence-electron chi connectivity index (χ2n) is 6.20. The summed E-state index contributed by atoms with van der Waals surface area (Å²) in [5.74, 6) is -0.00279. The minimum absolute atomic E-state index is 0.00279. The second kappa shape index (κ2) is 8.50. The molecule has 2 N–H and O–H groups in total. The third kappa shape index (κ3) is 4.83. The molecule has 2 aromatic carbocycles. The van der Waals surface area contributed by atoms with E-state index >= 15 is 0 Å². The number of amides is 1. The second-order valence-corrected chi connectivity index (χ2v) is 6.20. The summed E-state index contributed by atoms with van der Waals surface area (Å²) in [6.45, 7) is 3.40. The highest BCUT2D eigenvalue weighted by atomic mass is 16.1. The molecule has 0 atom stereocenters. The molecule has 24 heavy (non-hydrogen) atoms. The Labute approximate surface area is 143 Å². The number of rotatable bonds is 7. The summed E-state index contributed by atoms with van der Waals surface area (Å²) in [6, 6.07) is 18.4. The van der Waals surface area contributed by atoms with E-state index in [1.807, 2.05) is 30.3 Å². The summed E-state index contributed by atoms with van der Waals surface area (Å²) in [5.41, 5.74) is 3.38. The number of hydrogen-bond acceptors (Lipinski definition) is 3. The maximum absolute atomic E-state index is 12.0. The summed E-state index contributed by atoms with van der Waals surface area (Å²) < 4.78 is 0. The van der Waals surface area contributed by atoms with E-state index in [1.165, 1.54) is 24.1 Å². The molecular weight excluding hydrogens is 298 g/mol. The van der Waals surface area contributed by atoms with Crippen LogP contribution in [0.4, 0.5) is 11.4 Å². The van der Waals surface area contributed by atoms with E-state index in [0.29, 0.717) is 6.54 Å². The molecule has 0 unspecified atom stereocenters. The molecule has 1 aliphatic rings. The fraction of sp³-hybridized carbons (Fsp3) is 0.350. The molecule has 4 nitrogen and oxygen atoms in total. The Morgan fingerprint density at radius 3 is 2.38 bits per heavy atom. The van der Waals surface area contributed by atoms with Crippen LogP contribution in [0.2, 0.25) is 0 Å². The molecule has 0 radical (unpaired) electrons. The normalized spacial score (nSPS) is 13.9. The predicted molar refractivity (Wildman–Crippen MR) is 99.5 cm³/mol. The Bertz CT molecular complexity index is 634. The van der Waals surface area contributed by atoms with Crippen LogP contribution in [0.5, 0.6) is 0 Å². The van der Waals surface area contributed by atoms with Crippen molar-refractivity contribution in [1.29, 1.82) is 0 Å². The maximum atomic E-state index is 12.0. The lowest BCUT2D eigenvalue weighted by Crippen LogP contribution is -2.29. The van der Waals surface area contributed by atoms with Crippen LogP contribution in [-0.4, -0.2) is 32.1 Å².